The number of aromatic hydroxyl groups is 1. The summed E-state index contributed by atoms with van der Waals surface area (Å²) in [5, 5.41) is 18.6. The summed E-state index contributed by atoms with van der Waals surface area (Å²) in [6, 6.07) is 19.9. The van der Waals surface area contributed by atoms with Crippen LogP contribution >= 0.6 is 0 Å². The van der Waals surface area contributed by atoms with E-state index in [9.17, 15) is 5.11 Å². The number of fused-ring (bicyclic) bond motifs is 2. The van der Waals surface area contributed by atoms with E-state index in [1.807, 2.05) is 24.3 Å². The maximum absolute atomic E-state index is 9.50. The summed E-state index contributed by atoms with van der Waals surface area (Å²) < 4.78 is 0. The van der Waals surface area contributed by atoms with Gasteiger partial charge in [-0.25, -0.2) is 0 Å². The van der Waals surface area contributed by atoms with Crippen LogP contribution < -0.4 is 10.6 Å². The van der Waals surface area contributed by atoms with Crippen LogP contribution in [0.2, 0.25) is 0 Å². The molecule has 0 saturated carbocycles. The Bertz CT molecular complexity index is 773. The smallest absolute Gasteiger partial charge is 0.123 e. The Morgan fingerprint density at radius 3 is 2.15 bits per heavy atom. The van der Waals surface area contributed by atoms with Crippen molar-refractivity contribution in [1.29, 1.82) is 0 Å². The van der Waals surface area contributed by atoms with Crippen LogP contribution in [0.25, 0.3) is 10.8 Å². The minimum Gasteiger partial charge on any atom is -0.508 e. The van der Waals surface area contributed by atoms with Crippen LogP contribution in [0.1, 0.15) is 11.7 Å². The molecule has 0 radical (unpaired) electrons. The first kappa shape index (κ1) is 11.2. The van der Waals surface area contributed by atoms with Gasteiger partial charge in [-0.05, 0) is 46.7 Å². The molecule has 0 amide bonds. The number of hydrogen-bond donors (Lipinski definition) is 3. The molecule has 20 heavy (non-hydrogen) atoms. The third kappa shape index (κ3) is 1.75. The molecule has 3 heteroatoms. The van der Waals surface area contributed by atoms with Gasteiger partial charge in [0.2, 0.25) is 0 Å². The number of rotatable bonds is 1. The van der Waals surface area contributed by atoms with Crippen molar-refractivity contribution in [3.8, 4) is 5.75 Å². The number of para-hydroxylation sites is 2. The van der Waals surface area contributed by atoms with Crippen LogP contribution in [0.5, 0.6) is 5.75 Å². The van der Waals surface area contributed by atoms with Crippen LogP contribution in [-0.4, -0.2) is 5.11 Å². The molecule has 1 aliphatic rings. The summed E-state index contributed by atoms with van der Waals surface area (Å²) in [4.78, 5) is 0. The van der Waals surface area contributed by atoms with Crippen molar-refractivity contribution in [2.24, 2.45) is 0 Å². The Morgan fingerprint density at radius 1 is 0.750 bits per heavy atom. The molecule has 0 atom stereocenters. The molecule has 0 unspecified atom stereocenters. The molecule has 0 aromatic heterocycles. The minimum absolute atomic E-state index is 0.0885. The summed E-state index contributed by atoms with van der Waals surface area (Å²) >= 11 is 0. The molecular weight excluding hydrogens is 248 g/mol. The first-order valence-electron chi connectivity index (χ1n) is 6.64. The zero-order chi connectivity index (χ0) is 13.5. The first-order valence-corrected chi connectivity index (χ1v) is 6.64. The van der Waals surface area contributed by atoms with Crippen LogP contribution in [0.15, 0.2) is 60.7 Å². The lowest BCUT2D eigenvalue weighted by Gasteiger charge is -2.13. The second-order valence-electron chi connectivity index (χ2n) is 5.06. The zero-order valence-electron chi connectivity index (χ0n) is 10.8. The van der Waals surface area contributed by atoms with E-state index >= 15 is 0 Å². The highest BCUT2D eigenvalue weighted by molar-refractivity contribution is 5.85. The van der Waals surface area contributed by atoms with Crippen molar-refractivity contribution >= 4 is 22.1 Å². The third-order valence-corrected chi connectivity index (χ3v) is 3.71. The second kappa shape index (κ2) is 4.17. The topological polar surface area (TPSA) is 44.3 Å². The van der Waals surface area contributed by atoms with Gasteiger partial charge in [0.15, 0.2) is 0 Å². The second-order valence-corrected chi connectivity index (χ2v) is 5.06. The highest BCUT2D eigenvalue weighted by Crippen LogP contribution is 2.35. The van der Waals surface area contributed by atoms with Crippen molar-refractivity contribution in [1.82, 2.24) is 0 Å². The molecule has 0 fully saturated rings. The van der Waals surface area contributed by atoms with Gasteiger partial charge in [0.1, 0.15) is 11.9 Å². The highest BCUT2D eigenvalue weighted by Gasteiger charge is 2.20. The lowest BCUT2D eigenvalue weighted by molar-refractivity contribution is 0.476. The summed E-state index contributed by atoms with van der Waals surface area (Å²) in [6.07, 6.45) is 0.0885. The average Bonchev–Trinajstić information content (AvgIpc) is 2.90. The van der Waals surface area contributed by atoms with Gasteiger partial charge in [-0.15, -0.1) is 0 Å². The van der Waals surface area contributed by atoms with Gasteiger partial charge >= 0.3 is 0 Å². The lowest BCUT2D eigenvalue weighted by atomic mass is 10.1. The van der Waals surface area contributed by atoms with Crippen LogP contribution in [-0.2, 0) is 0 Å². The third-order valence-electron chi connectivity index (χ3n) is 3.71. The average molecular weight is 262 g/mol. The Balaban J connectivity index is 1.72. The van der Waals surface area contributed by atoms with Crippen molar-refractivity contribution in [2.75, 3.05) is 10.6 Å². The van der Waals surface area contributed by atoms with Crippen LogP contribution in [0, 0.1) is 0 Å². The van der Waals surface area contributed by atoms with Gasteiger partial charge < -0.3 is 15.7 Å². The summed E-state index contributed by atoms with van der Waals surface area (Å²) in [5.41, 5.74) is 3.44. The van der Waals surface area contributed by atoms with E-state index in [4.69, 9.17) is 0 Å². The van der Waals surface area contributed by atoms with Gasteiger partial charge in [0.25, 0.3) is 0 Å². The first-order chi connectivity index (χ1) is 9.79. The van der Waals surface area contributed by atoms with E-state index in [1.165, 1.54) is 5.56 Å². The monoisotopic (exact) mass is 262 g/mol. The van der Waals surface area contributed by atoms with Crippen molar-refractivity contribution < 1.29 is 5.11 Å². The molecule has 1 aliphatic heterocycles. The summed E-state index contributed by atoms with van der Waals surface area (Å²) in [5.74, 6) is 0.301. The summed E-state index contributed by atoms with van der Waals surface area (Å²) in [7, 11) is 0. The van der Waals surface area contributed by atoms with E-state index in [0.717, 1.165) is 22.1 Å². The largest absolute Gasteiger partial charge is 0.508 e. The van der Waals surface area contributed by atoms with Gasteiger partial charge in [0, 0.05) is 0 Å². The molecule has 3 aromatic rings. The predicted octanol–water partition coefficient (Wildman–Crippen LogP) is 4.08. The molecular formula is C17H14N2O. The van der Waals surface area contributed by atoms with Crippen LogP contribution in [0.4, 0.5) is 11.4 Å². The fourth-order valence-electron chi connectivity index (χ4n) is 2.68. The fourth-order valence-corrected chi connectivity index (χ4v) is 2.68. The van der Waals surface area contributed by atoms with E-state index in [1.54, 1.807) is 12.1 Å². The van der Waals surface area contributed by atoms with Gasteiger partial charge in [-0.1, -0.05) is 30.3 Å². The Labute approximate surface area is 116 Å². The van der Waals surface area contributed by atoms with E-state index in [-0.39, 0.29) is 6.17 Å². The number of benzene rings is 3. The highest BCUT2D eigenvalue weighted by atomic mass is 16.3. The minimum atomic E-state index is 0.0885. The molecule has 3 nitrogen and oxygen atoms in total. The number of phenolic OH excluding ortho intramolecular Hbond substituents is 1. The standard InChI is InChI=1S/C17H14N2O/c20-14-8-7-11-9-13(6-5-12(11)10-14)17-18-15-3-1-2-4-16(15)19-17/h1-10,17-20H. The normalized spacial score (nSPS) is 13.8. The molecule has 0 aliphatic carbocycles. The van der Waals surface area contributed by atoms with Gasteiger partial charge in [-0.2, -0.15) is 0 Å². The Hall–Kier alpha value is -2.68. The Kier molecular flexibility index (Phi) is 2.33. The van der Waals surface area contributed by atoms with Crippen LogP contribution in [0.3, 0.4) is 0 Å². The molecule has 3 N–H and O–H groups in total. The number of phenols is 1. The number of hydrogen-bond acceptors (Lipinski definition) is 3. The van der Waals surface area contributed by atoms with E-state index < -0.39 is 0 Å². The predicted molar refractivity (Wildman–Crippen MR) is 82.0 cm³/mol. The molecule has 0 spiro atoms. The molecule has 0 saturated heterocycles. The number of nitrogens with one attached hydrogen (secondary N) is 2. The molecule has 3 aromatic carbocycles. The van der Waals surface area contributed by atoms with Gasteiger partial charge in [0.05, 0.1) is 11.4 Å². The number of anilines is 2. The van der Waals surface area contributed by atoms with Crippen molar-refractivity contribution in [3.63, 3.8) is 0 Å². The lowest BCUT2D eigenvalue weighted by Crippen LogP contribution is -2.11. The zero-order valence-corrected chi connectivity index (χ0v) is 10.8. The molecule has 98 valence electrons. The van der Waals surface area contributed by atoms with Crippen molar-refractivity contribution in [2.45, 2.75) is 6.17 Å². The quantitative estimate of drug-likeness (QED) is 0.619. The molecule has 4 rings (SSSR count). The van der Waals surface area contributed by atoms with E-state index in [0.29, 0.717) is 5.75 Å². The summed E-state index contributed by atoms with van der Waals surface area (Å²) in [6.45, 7) is 0. The SMILES string of the molecule is Oc1ccc2cc(C3Nc4ccccc4N3)ccc2c1. The van der Waals surface area contributed by atoms with Gasteiger partial charge in [-0.3, -0.25) is 0 Å². The Morgan fingerprint density at radius 2 is 1.40 bits per heavy atom. The fraction of sp³-hybridized carbons (Fsp3) is 0.0588. The molecule has 0 bridgehead atoms. The maximum atomic E-state index is 9.50. The maximum Gasteiger partial charge on any atom is 0.123 e. The van der Waals surface area contributed by atoms with E-state index in [2.05, 4.69) is 34.9 Å². The molecule has 1 heterocycles. The van der Waals surface area contributed by atoms with Crippen molar-refractivity contribution in [3.05, 3.63) is 66.2 Å².